The topological polar surface area (TPSA) is 55.0 Å². The van der Waals surface area contributed by atoms with Crippen LogP contribution < -0.4 is 10.6 Å². The van der Waals surface area contributed by atoms with Gasteiger partial charge in [-0.05, 0) is 13.3 Å². The first-order chi connectivity index (χ1) is 8.43. The van der Waals surface area contributed by atoms with Gasteiger partial charge in [-0.15, -0.1) is 0 Å². The van der Waals surface area contributed by atoms with E-state index in [0.717, 1.165) is 43.3 Å². The number of nitrogens with zero attached hydrogens (tertiary/aromatic N) is 3. The second-order valence-electron chi connectivity index (χ2n) is 5.85. The molecule has 1 aromatic rings. The summed E-state index contributed by atoms with van der Waals surface area (Å²) in [5.74, 6) is 2.32. The first-order valence-corrected chi connectivity index (χ1v) is 6.83. The Morgan fingerprint density at radius 2 is 2.06 bits per heavy atom. The zero-order valence-electron chi connectivity index (χ0n) is 11.9. The molecule has 0 radical (unpaired) electrons. The van der Waals surface area contributed by atoms with Crippen LogP contribution >= 0.6 is 0 Å². The number of aromatic nitrogens is 2. The lowest BCUT2D eigenvalue weighted by Gasteiger charge is -2.48. The summed E-state index contributed by atoms with van der Waals surface area (Å²) in [4.78, 5) is 11.4. The highest BCUT2D eigenvalue weighted by atomic mass is 15.3. The van der Waals surface area contributed by atoms with Crippen LogP contribution in [0.2, 0.25) is 0 Å². The van der Waals surface area contributed by atoms with Crippen LogP contribution in [0.15, 0.2) is 6.07 Å². The van der Waals surface area contributed by atoms with Crippen LogP contribution in [-0.4, -0.2) is 28.6 Å². The first-order valence-electron chi connectivity index (χ1n) is 6.83. The maximum Gasteiger partial charge on any atom is 0.133 e. The van der Waals surface area contributed by atoms with E-state index in [4.69, 9.17) is 5.73 Å². The van der Waals surface area contributed by atoms with Crippen molar-refractivity contribution in [1.82, 2.24) is 9.97 Å². The van der Waals surface area contributed by atoms with Gasteiger partial charge in [0.05, 0.1) is 5.54 Å². The van der Waals surface area contributed by atoms with Crippen LogP contribution in [0.4, 0.5) is 5.82 Å². The van der Waals surface area contributed by atoms with Crippen LogP contribution in [-0.2, 0) is 0 Å². The molecule has 0 aliphatic carbocycles. The SMILES string of the molecule is CCCC1(N)CN(c2cc(C)nc(C(C)C)n2)C1. The summed E-state index contributed by atoms with van der Waals surface area (Å²) in [6.07, 6.45) is 2.23. The Kier molecular flexibility index (Phi) is 3.57. The summed E-state index contributed by atoms with van der Waals surface area (Å²) < 4.78 is 0. The van der Waals surface area contributed by atoms with Gasteiger partial charge in [-0.1, -0.05) is 27.2 Å². The second-order valence-corrected chi connectivity index (χ2v) is 5.85. The van der Waals surface area contributed by atoms with E-state index in [-0.39, 0.29) is 5.54 Å². The number of nitrogens with two attached hydrogens (primary N) is 1. The highest BCUT2D eigenvalue weighted by molar-refractivity contribution is 5.45. The molecule has 100 valence electrons. The molecule has 0 unspecified atom stereocenters. The molecule has 18 heavy (non-hydrogen) atoms. The summed E-state index contributed by atoms with van der Waals surface area (Å²) in [7, 11) is 0. The van der Waals surface area contributed by atoms with E-state index < -0.39 is 0 Å². The molecule has 2 heterocycles. The normalized spacial score (nSPS) is 18.0. The fourth-order valence-corrected chi connectivity index (χ4v) is 2.53. The Morgan fingerprint density at radius 1 is 1.39 bits per heavy atom. The molecule has 0 atom stereocenters. The van der Waals surface area contributed by atoms with Gasteiger partial charge >= 0.3 is 0 Å². The average Bonchev–Trinajstić information content (AvgIpc) is 2.25. The van der Waals surface area contributed by atoms with Gasteiger partial charge in [-0.2, -0.15) is 0 Å². The molecule has 0 amide bonds. The lowest BCUT2D eigenvalue weighted by Crippen LogP contribution is -2.67. The number of hydrogen-bond acceptors (Lipinski definition) is 4. The standard InChI is InChI=1S/C14H24N4/c1-5-6-14(15)8-18(9-14)12-7-11(4)16-13(17-12)10(2)3/h7,10H,5-6,8-9,15H2,1-4H3. The zero-order chi connectivity index (χ0) is 13.3. The van der Waals surface area contributed by atoms with Crippen molar-refractivity contribution >= 4 is 5.82 Å². The van der Waals surface area contributed by atoms with Crippen molar-refractivity contribution in [1.29, 1.82) is 0 Å². The van der Waals surface area contributed by atoms with Gasteiger partial charge in [0.2, 0.25) is 0 Å². The summed E-state index contributed by atoms with van der Waals surface area (Å²) in [5, 5.41) is 0. The highest BCUT2D eigenvalue weighted by Crippen LogP contribution is 2.28. The van der Waals surface area contributed by atoms with E-state index in [9.17, 15) is 0 Å². The Hall–Kier alpha value is -1.16. The molecule has 4 heteroatoms. The Morgan fingerprint density at radius 3 is 2.61 bits per heavy atom. The molecular weight excluding hydrogens is 224 g/mol. The van der Waals surface area contributed by atoms with E-state index in [1.807, 2.05) is 6.92 Å². The molecule has 1 aliphatic rings. The molecule has 0 aromatic carbocycles. The molecule has 1 aromatic heterocycles. The monoisotopic (exact) mass is 248 g/mol. The van der Waals surface area contributed by atoms with Gasteiger partial charge in [0.15, 0.2) is 0 Å². The predicted molar refractivity (Wildman–Crippen MR) is 74.9 cm³/mol. The molecule has 1 saturated heterocycles. The second kappa shape index (κ2) is 4.84. The van der Waals surface area contributed by atoms with Gasteiger partial charge in [-0.25, -0.2) is 9.97 Å². The van der Waals surface area contributed by atoms with Crippen LogP contribution in [0.5, 0.6) is 0 Å². The molecule has 2 N–H and O–H groups in total. The van der Waals surface area contributed by atoms with Crippen molar-refractivity contribution in [3.8, 4) is 0 Å². The molecular formula is C14H24N4. The van der Waals surface area contributed by atoms with Crippen molar-refractivity contribution in [3.63, 3.8) is 0 Å². The number of hydrogen-bond donors (Lipinski definition) is 1. The fourth-order valence-electron chi connectivity index (χ4n) is 2.53. The van der Waals surface area contributed by atoms with Crippen LogP contribution in [0.3, 0.4) is 0 Å². The summed E-state index contributed by atoms with van der Waals surface area (Å²) in [5.41, 5.74) is 7.32. The minimum absolute atomic E-state index is 0.00833. The van der Waals surface area contributed by atoms with E-state index in [2.05, 4.69) is 41.7 Å². The van der Waals surface area contributed by atoms with Crippen molar-refractivity contribution in [2.75, 3.05) is 18.0 Å². The Balaban J connectivity index is 2.12. The molecule has 2 rings (SSSR count). The summed E-state index contributed by atoms with van der Waals surface area (Å²) in [6, 6.07) is 2.05. The van der Waals surface area contributed by atoms with Crippen molar-refractivity contribution < 1.29 is 0 Å². The van der Waals surface area contributed by atoms with Gasteiger partial charge < -0.3 is 10.6 Å². The third kappa shape index (κ3) is 2.64. The zero-order valence-corrected chi connectivity index (χ0v) is 11.9. The molecule has 0 saturated carbocycles. The van der Waals surface area contributed by atoms with Crippen LogP contribution in [0.1, 0.15) is 51.0 Å². The summed E-state index contributed by atoms with van der Waals surface area (Å²) in [6.45, 7) is 10.3. The average molecular weight is 248 g/mol. The molecule has 0 spiro atoms. The number of aryl methyl sites for hydroxylation is 1. The Bertz CT molecular complexity index is 422. The van der Waals surface area contributed by atoms with Crippen molar-refractivity contribution in [2.24, 2.45) is 5.73 Å². The molecule has 4 nitrogen and oxygen atoms in total. The van der Waals surface area contributed by atoms with Gasteiger partial charge in [0, 0.05) is 30.8 Å². The van der Waals surface area contributed by atoms with E-state index in [1.54, 1.807) is 0 Å². The van der Waals surface area contributed by atoms with E-state index >= 15 is 0 Å². The highest BCUT2D eigenvalue weighted by Gasteiger charge is 2.39. The molecule has 1 fully saturated rings. The van der Waals surface area contributed by atoms with E-state index in [1.165, 1.54) is 0 Å². The Labute approximate surface area is 110 Å². The van der Waals surface area contributed by atoms with Crippen molar-refractivity contribution in [2.45, 2.75) is 52.0 Å². The minimum atomic E-state index is -0.00833. The fraction of sp³-hybridized carbons (Fsp3) is 0.714. The smallest absolute Gasteiger partial charge is 0.133 e. The lowest BCUT2D eigenvalue weighted by atomic mass is 9.86. The summed E-state index contributed by atoms with van der Waals surface area (Å²) >= 11 is 0. The lowest BCUT2D eigenvalue weighted by molar-refractivity contribution is 0.305. The van der Waals surface area contributed by atoms with Crippen molar-refractivity contribution in [3.05, 3.63) is 17.6 Å². The number of rotatable bonds is 4. The number of anilines is 1. The maximum absolute atomic E-state index is 6.29. The van der Waals surface area contributed by atoms with Gasteiger partial charge in [0.25, 0.3) is 0 Å². The quantitative estimate of drug-likeness (QED) is 0.887. The van der Waals surface area contributed by atoms with Gasteiger partial charge in [0.1, 0.15) is 11.6 Å². The minimum Gasteiger partial charge on any atom is -0.353 e. The van der Waals surface area contributed by atoms with Gasteiger partial charge in [-0.3, -0.25) is 0 Å². The third-order valence-electron chi connectivity index (χ3n) is 3.46. The van der Waals surface area contributed by atoms with Crippen LogP contribution in [0.25, 0.3) is 0 Å². The molecule has 0 bridgehead atoms. The third-order valence-corrected chi connectivity index (χ3v) is 3.46. The van der Waals surface area contributed by atoms with Crippen LogP contribution in [0, 0.1) is 6.92 Å². The maximum atomic E-state index is 6.29. The first kappa shape index (κ1) is 13.3. The van der Waals surface area contributed by atoms with E-state index in [0.29, 0.717) is 5.92 Å². The largest absolute Gasteiger partial charge is 0.353 e. The molecule has 1 aliphatic heterocycles. The predicted octanol–water partition coefficient (Wildman–Crippen LogP) is 2.23.